The van der Waals surface area contributed by atoms with Crippen molar-refractivity contribution in [2.24, 2.45) is 0 Å². The summed E-state index contributed by atoms with van der Waals surface area (Å²) in [6.45, 7) is 3.27. The first-order valence-electron chi connectivity index (χ1n) is 6.28. The maximum atomic E-state index is 11.3. The second kappa shape index (κ2) is 4.08. The minimum atomic E-state index is -0.118. The summed E-state index contributed by atoms with van der Waals surface area (Å²) < 4.78 is 5.35. The van der Waals surface area contributed by atoms with Crippen molar-refractivity contribution >= 4 is 23.0 Å². The monoisotopic (exact) mass is 247 g/mol. The van der Waals surface area contributed by atoms with Crippen LogP contribution in [0.4, 0.5) is 17.1 Å². The van der Waals surface area contributed by atoms with Crippen LogP contribution in [0.3, 0.4) is 0 Å². The molecule has 0 aromatic heterocycles. The number of nitrogens with two attached hydrogens (primary N) is 1. The van der Waals surface area contributed by atoms with Crippen molar-refractivity contribution in [3.63, 3.8) is 0 Å². The van der Waals surface area contributed by atoms with Crippen LogP contribution in [0.5, 0.6) is 5.75 Å². The molecule has 2 aliphatic heterocycles. The molecule has 1 fully saturated rings. The fraction of sp³-hybridized carbons (Fsp3) is 0.462. The number of amides is 1. The topological polar surface area (TPSA) is 67.6 Å². The predicted octanol–water partition coefficient (Wildman–Crippen LogP) is 1.59. The van der Waals surface area contributed by atoms with E-state index in [9.17, 15) is 4.79 Å². The molecule has 2 aliphatic rings. The van der Waals surface area contributed by atoms with Crippen molar-refractivity contribution in [1.82, 2.24) is 0 Å². The van der Waals surface area contributed by atoms with Crippen molar-refractivity contribution in [2.75, 3.05) is 29.1 Å². The van der Waals surface area contributed by atoms with Crippen molar-refractivity contribution < 1.29 is 9.53 Å². The Morgan fingerprint density at radius 2 is 2.33 bits per heavy atom. The molecule has 0 aliphatic carbocycles. The van der Waals surface area contributed by atoms with E-state index in [2.05, 4.69) is 17.1 Å². The zero-order valence-electron chi connectivity index (χ0n) is 10.4. The predicted molar refractivity (Wildman–Crippen MR) is 71.0 cm³/mol. The number of benzene rings is 1. The van der Waals surface area contributed by atoms with E-state index in [0.717, 1.165) is 17.9 Å². The number of anilines is 3. The Hall–Kier alpha value is -1.91. The van der Waals surface area contributed by atoms with Gasteiger partial charge in [0, 0.05) is 18.7 Å². The summed E-state index contributed by atoms with van der Waals surface area (Å²) in [6.07, 6.45) is 2.36. The van der Waals surface area contributed by atoms with Crippen molar-refractivity contribution in [3.8, 4) is 5.75 Å². The number of hydrogen-bond acceptors (Lipinski definition) is 4. The average Bonchev–Trinajstić information content (AvgIpc) is 2.75. The van der Waals surface area contributed by atoms with Gasteiger partial charge in [0.15, 0.2) is 6.61 Å². The molecule has 3 rings (SSSR count). The molecular weight excluding hydrogens is 230 g/mol. The third-order valence-electron chi connectivity index (χ3n) is 3.62. The van der Waals surface area contributed by atoms with Crippen LogP contribution in [0.1, 0.15) is 19.8 Å². The fourth-order valence-electron chi connectivity index (χ4n) is 2.67. The molecule has 3 N–H and O–H groups in total. The van der Waals surface area contributed by atoms with Gasteiger partial charge in [-0.2, -0.15) is 0 Å². The van der Waals surface area contributed by atoms with Crippen molar-refractivity contribution in [2.45, 2.75) is 25.8 Å². The highest BCUT2D eigenvalue weighted by Gasteiger charge is 2.25. The number of nitrogens with zero attached hydrogens (tertiary/aromatic N) is 1. The molecule has 1 aromatic rings. The third kappa shape index (κ3) is 1.75. The Balaban J connectivity index is 2.00. The third-order valence-corrected chi connectivity index (χ3v) is 3.62. The Bertz CT molecular complexity index is 501. The molecule has 1 amide bonds. The van der Waals surface area contributed by atoms with Gasteiger partial charge in [0.2, 0.25) is 0 Å². The molecule has 1 saturated heterocycles. The lowest BCUT2D eigenvalue weighted by Gasteiger charge is -2.27. The first kappa shape index (κ1) is 11.2. The molecular formula is C13H17N3O2. The molecule has 1 aromatic carbocycles. The lowest BCUT2D eigenvalue weighted by Crippen LogP contribution is -2.29. The SMILES string of the molecule is CC1CCCN1c1cc2c(cc1N)OCC(=O)N2. The minimum Gasteiger partial charge on any atom is -0.482 e. The summed E-state index contributed by atoms with van der Waals surface area (Å²) >= 11 is 0. The summed E-state index contributed by atoms with van der Waals surface area (Å²) in [5.74, 6) is 0.537. The molecule has 0 radical (unpaired) electrons. The summed E-state index contributed by atoms with van der Waals surface area (Å²) in [6, 6.07) is 4.21. The van der Waals surface area contributed by atoms with E-state index in [-0.39, 0.29) is 12.5 Å². The highest BCUT2D eigenvalue weighted by Crippen LogP contribution is 2.39. The summed E-state index contributed by atoms with van der Waals surface area (Å²) in [4.78, 5) is 13.6. The first-order valence-corrected chi connectivity index (χ1v) is 6.28. The number of rotatable bonds is 1. The van der Waals surface area contributed by atoms with Gasteiger partial charge in [0.25, 0.3) is 5.91 Å². The van der Waals surface area contributed by atoms with Gasteiger partial charge in [0.1, 0.15) is 5.75 Å². The Morgan fingerprint density at radius 1 is 1.50 bits per heavy atom. The maximum absolute atomic E-state index is 11.3. The number of ether oxygens (including phenoxy) is 1. The molecule has 1 unspecified atom stereocenters. The summed E-state index contributed by atoms with van der Waals surface area (Å²) in [5, 5.41) is 2.82. The van der Waals surface area contributed by atoms with Gasteiger partial charge in [-0.25, -0.2) is 0 Å². The zero-order chi connectivity index (χ0) is 12.7. The molecule has 96 valence electrons. The zero-order valence-corrected chi connectivity index (χ0v) is 10.4. The number of nitrogen functional groups attached to an aromatic ring is 1. The van der Waals surface area contributed by atoms with E-state index < -0.39 is 0 Å². The molecule has 5 nitrogen and oxygen atoms in total. The molecule has 1 atom stereocenters. The lowest BCUT2D eigenvalue weighted by molar-refractivity contribution is -0.118. The molecule has 0 spiro atoms. The molecule has 0 saturated carbocycles. The minimum absolute atomic E-state index is 0.0614. The van der Waals surface area contributed by atoms with Gasteiger partial charge in [0.05, 0.1) is 17.1 Å². The number of hydrogen-bond donors (Lipinski definition) is 2. The van der Waals surface area contributed by atoms with Crippen LogP contribution in [0.25, 0.3) is 0 Å². The van der Waals surface area contributed by atoms with Crippen molar-refractivity contribution in [3.05, 3.63) is 12.1 Å². The highest BCUT2D eigenvalue weighted by molar-refractivity contribution is 5.97. The van der Waals surface area contributed by atoms with Crippen LogP contribution < -0.4 is 20.7 Å². The van der Waals surface area contributed by atoms with Crippen LogP contribution in [0.15, 0.2) is 12.1 Å². The highest BCUT2D eigenvalue weighted by atomic mass is 16.5. The quantitative estimate of drug-likeness (QED) is 0.739. The van der Waals surface area contributed by atoms with Gasteiger partial charge in [-0.05, 0) is 25.8 Å². The first-order chi connectivity index (χ1) is 8.65. The van der Waals surface area contributed by atoms with Crippen LogP contribution in [-0.4, -0.2) is 25.1 Å². The van der Waals surface area contributed by atoms with Gasteiger partial charge < -0.3 is 20.7 Å². The van der Waals surface area contributed by atoms with Crippen LogP contribution in [0, 0.1) is 0 Å². The Morgan fingerprint density at radius 3 is 3.06 bits per heavy atom. The average molecular weight is 247 g/mol. The van der Waals surface area contributed by atoms with Gasteiger partial charge >= 0.3 is 0 Å². The molecule has 0 bridgehead atoms. The fourth-order valence-corrected chi connectivity index (χ4v) is 2.67. The van der Waals surface area contributed by atoms with E-state index in [4.69, 9.17) is 10.5 Å². The smallest absolute Gasteiger partial charge is 0.262 e. The van der Waals surface area contributed by atoms with E-state index in [1.54, 1.807) is 6.07 Å². The van der Waals surface area contributed by atoms with E-state index in [1.165, 1.54) is 12.8 Å². The van der Waals surface area contributed by atoms with Crippen LogP contribution in [-0.2, 0) is 4.79 Å². The van der Waals surface area contributed by atoms with Crippen molar-refractivity contribution in [1.29, 1.82) is 0 Å². The molecule has 5 heteroatoms. The molecule has 2 heterocycles. The second-order valence-electron chi connectivity index (χ2n) is 4.93. The number of nitrogens with one attached hydrogen (secondary N) is 1. The largest absolute Gasteiger partial charge is 0.482 e. The Kier molecular flexibility index (Phi) is 2.54. The molecule has 18 heavy (non-hydrogen) atoms. The van der Waals surface area contributed by atoms with E-state index in [1.807, 2.05) is 6.07 Å². The Labute approximate surface area is 106 Å². The second-order valence-corrected chi connectivity index (χ2v) is 4.93. The van der Waals surface area contributed by atoms with Crippen LogP contribution >= 0.6 is 0 Å². The van der Waals surface area contributed by atoms with Gasteiger partial charge in [-0.15, -0.1) is 0 Å². The van der Waals surface area contributed by atoms with E-state index >= 15 is 0 Å². The van der Waals surface area contributed by atoms with Gasteiger partial charge in [-0.3, -0.25) is 4.79 Å². The lowest BCUT2D eigenvalue weighted by atomic mass is 10.1. The van der Waals surface area contributed by atoms with Gasteiger partial charge in [-0.1, -0.05) is 0 Å². The number of carbonyl (C=O) groups is 1. The summed E-state index contributed by atoms with van der Waals surface area (Å²) in [7, 11) is 0. The number of fused-ring (bicyclic) bond motifs is 1. The standard InChI is InChI=1S/C13H17N3O2/c1-8-3-2-4-16(8)11-6-10-12(5-9(11)14)18-7-13(17)15-10/h5-6,8H,2-4,7,14H2,1H3,(H,15,17). The maximum Gasteiger partial charge on any atom is 0.262 e. The van der Waals surface area contributed by atoms with Crippen LogP contribution in [0.2, 0.25) is 0 Å². The normalized spacial score (nSPS) is 22.4. The number of carbonyl (C=O) groups excluding carboxylic acids is 1. The summed E-state index contributed by atoms with van der Waals surface area (Å²) in [5.41, 5.74) is 8.50. The van der Waals surface area contributed by atoms with E-state index in [0.29, 0.717) is 17.5 Å².